The normalized spacial score (nSPS) is 16.4. The number of nitro benzene ring substituents is 1. The van der Waals surface area contributed by atoms with Crippen molar-refractivity contribution in [1.29, 1.82) is 0 Å². The number of hydrogen-bond donors (Lipinski definition) is 0. The van der Waals surface area contributed by atoms with Gasteiger partial charge in [-0.1, -0.05) is 19.2 Å². The summed E-state index contributed by atoms with van der Waals surface area (Å²) in [6.45, 7) is 12.4. The van der Waals surface area contributed by atoms with Crippen LogP contribution in [0.15, 0.2) is 42.5 Å². The molecule has 0 radical (unpaired) electrons. The molecule has 226 valence electrons. The van der Waals surface area contributed by atoms with Crippen LogP contribution in [0.1, 0.15) is 38.8 Å². The molecule has 15 nitrogen and oxygen atoms in total. The van der Waals surface area contributed by atoms with Gasteiger partial charge in [-0.05, 0) is 39.3 Å². The Kier molecular flexibility index (Phi) is 15.1. The van der Waals surface area contributed by atoms with Gasteiger partial charge in [0.25, 0.3) is 5.69 Å². The average Bonchev–Trinajstić information content (AvgIpc) is 2.93. The van der Waals surface area contributed by atoms with Crippen molar-refractivity contribution in [3.05, 3.63) is 63.7 Å². The molecule has 41 heavy (non-hydrogen) atoms. The lowest BCUT2D eigenvalue weighted by Gasteiger charge is -2.21. The van der Waals surface area contributed by atoms with Crippen LogP contribution in [0.25, 0.3) is 0 Å². The van der Waals surface area contributed by atoms with E-state index < -0.39 is 55.0 Å². The van der Waals surface area contributed by atoms with Crippen molar-refractivity contribution < 1.29 is 62.0 Å². The predicted octanol–water partition coefficient (Wildman–Crippen LogP) is 3.87. The van der Waals surface area contributed by atoms with Gasteiger partial charge in [-0.15, -0.1) is 0 Å². The molecule has 2 aliphatic rings. The zero-order valence-corrected chi connectivity index (χ0v) is 23.2. The molecule has 0 spiro atoms. The first-order valence-electron chi connectivity index (χ1n) is 12.2. The predicted molar refractivity (Wildman–Crippen MR) is 138 cm³/mol. The summed E-state index contributed by atoms with van der Waals surface area (Å²) in [7, 11) is 0. The van der Waals surface area contributed by atoms with Crippen LogP contribution in [-0.2, 0) is 60.7 Å². The quantitative estimate of drug-likeness (QED) is 0.134. The Morgan fingerprint density at radius 1 is 0.902 bits per heavy atom. The number of ether oxygens (including phenoxy) is 8. The van der Waals surface area contributed by atoms with Crippen molar-refractivity contribution in [2.75, 3.05) is 26.4 Å². The van der Waals surface area contributed by atoms with Gasteiger partial charge in [0.05, 0.1) is 36.9 Å². The fourth-order valence-electron chi connectivity index (χ4n) is 2.65. The maximum Gasteiger partial charge on any atom is 0.513 e. The Labute approximate surface area is 236 Å². The summed E-state index contributed by atoms with van der Waals surface area (Å²) in [4.78, 5) is 56.6. The van der Waals surface area contributed by atoms with E-state index in [4.69, 9.17) is 28.4 Å². The highest BCUT2D eigenvalue weighted by atomic mass is 16.8. The van der Waals surface area contributed by atoms with Gasteiger partial charge in [-0.3, -0.25) is 10.1 Å². The molecule has 1 aromatic carbocycles. The van der Waals surface area contributed by atoms with Crippen LogP contribution in [0.2, 0.25) is 0 Å². The zero-order valence-electron chi connectivity index (χ0n) is 23.2. The SMILES string of the molecule is C=C(C)C(=O)OCC1OCc2ccc(c([N+](=O)[O-])c2)COC(COC(=O)C(=C)C)OC(=O)O1.CCOC(=O)OCC. The van der Waals surface area contributed by atoms with Gasteiger partial charge < -0.3 is 37.9 Å². The fraction of sp³-hybridized carbons (Fsp3) is 0.462. The first-order chi connectivity index (χ1) is 19.4. The minimum absolute atomic E-state index is 0.0984. The van der Waals surface area contributed by atoms with Crippen molar-refractivity contribution >= 4 is 29.9 Å². The van der Waals surface area contributed by atoms with E-state index in [2.05, 4.69) is 22.6 Å². The van der Waals surface area contributed by atoms with Gasteiger partial charge in [0.2, 0.25) is 12.6 Å². The molecule has 0 aliphatic carbocycles. The number of nitrogens with zero attached hydrogens (tertiary/aromatic N) is 1. The van der Waals surface area contributed by atoms with E-state index in [0.29, 0.717) is 18.8 Å². The zero-order chi connectivity index (χ0) is 30.9. The lowest BCUT2D eigenvalue weighted by Crippen LogP contribution is -2.33. The summed E-state index contributed by atoms with van der Waals surface area (Å²) in [5.74, 6) is -1.51. The Balaban J connectivity index is 0.000000915. The summed E-state index contributed by atoms with van der Waals surface area (Å²) in [6, 6.07) is 4.27. The summed E-state index contributed by atoms with van der Waals surface area (Å²) in [6.07, 6.45) is -4.76. The van der Waals surface area contributed by atoms with Crippen molar-refractivity contribution in [2.24, 2.45) is 0 Å². The van der Waals surface area contributed by atoms with E-state index in [9.17, 15) is 29.3 Å². The molecule has 1 aromatic rings. The topological polar surface area (TPSA) is 185 Å². The molecular weight excluding hydrogens is 550 g/mol. The molecule has 0 saturated carbocycles. The number of benzene rings is 1. The Bertz CT molecular complexity index is 1110. The maximum atomic E-state index is 12.2. The molecule has 0 fully saturated rings. The van der Waals surface area contributed by atoms with E-state index in [-0.39, 0.29) is 35.6 Å². The number of carbonyl (C=O) groups excluding carboxylic acids is 4. The number of fused-ring (bicyclic) bond motifs is 10. The number of hydrogen-bond acceptors (Lipinski definition) is 14. The fourth-order valence-corrected chi connectivity index (χ4v) is 2.65. The van der Waals surface area contributed by atoms with E-state index in [0.717, 1.165) is 0 Å². The molecule has 0 aromatic heterocycles. The second-order valence-electron chi connectivity index (χ2n) is 8.06. The lowest BCUT2D eigenvalue weighted by atomic mass is 10.1. The maximum absolute atomic E-state index is 12.2. The van der Waals surface area contributed by atoms with Gasteiger partial charge in [0.15, 0.2) is 13.2 Å². The van der Waals surface area contributed by atoms with Crippen LogP contribution in [-0.4, -0.2) is 68.2 Å². The van der Waals surface area contributed by atoms with E-state index in [1.54, 1.807) is 19.9 Å². The minimum atomic E-state index is -1.47. The summed E-state index contributed by atoms with van der Waals surface area (Å²) >= 11 is 0. The van der Waals surface area contributed by atoms with Gasteiger partial charge in [-0.25, -0.2) is 19.2 Å². The van der Waals surface area contributed by atoms with E-state index >= 15 is 0 Å². The first kappa shape index (κ1) is 34.5. The molecule has 15 heteroatoms. The highest BCUT2D eigenvalue weighted by Gasteiger charge is 2.26. The van der Waals surface area contributed by atoms with E-state index in [1.165, 1.54) is 26.0 Å². The van der Waals surface area contributed by atoms with Crippen LogP contribution in [0.4, 0.5) is 15.3 Å². The van der Waals surface area contributed by atoms with Gasteiger partial charge >= 0.3 is 24.2 Å². The smallest absolute Gasteiger partial charge is 0.456 e. The summed E-state index contributed by atoms with van der Waals surface area (Å²) in [5, 5.41) is 11.5. The number of esters is 2. The van der Waals surface area contributed by atoms with Crippen molar-refractivity contribution in [3.63, 3.8) is 0 Å². The monoisotopic (exact) mass is 583 g/mol. The second-order valence-corrected chi connectivity index (χ2v) is 8.06. The average molecular weight is 584 g/mol. The highest BCUT2D eigenvalue weighted by Crippen LogP contribution is 2.23. The molecule has 2 unspecified atom stereocenters. The van der Waals surface area contributed by atoms with Crippen molar-refractivity contribution in [2.45, 2.75) is 53.5 Å². The standard InChI is InChI=1S/C21H23NO11.C5H10O3/c1-12(2)19(23)30-10-17-28-8-14-5-6-15(16(7-14)22(26)27)9-29-18(33-21(25)32-17)11-31-20(24)13(3)4;1-3-7-5(6)8-4-2/h5-7,17-18H,1,3,8-11H2,2,4H3;3-4H2,1-2H3. The van der Waals surface area contributed by atoms with Crippen LogP contribution in [0.3, 0.4) is 0 Å². The summed E-state index contributed by atoms with van der Waals surface area (Å²) < 4.78 is 39.6. The van der Waals surface area contributed by atoms with Crippen molar-refractivity contribution in [3.8, 4) is 0 Å². The lowest BCUT2D eigenvalue weighted by molar-refractivity contribution is -0.386. The Morgan fingerprint density at radius 3 is 1.83 bits per heavy atom. The molecule has 0 amide bonds. The highest BCUT2D eigenvalue weighted by molar-refractivity contribution is 5.87. The Hall–Kier alpha value is -4.50. The van der Waals surface area contributed by atoms with Gasteiger partial charge in [0.1, 0.15) is 0 Å². The molecule has 0 N–H and O–H groups in total. The number of carbonyl (C=O) groups is 4. The number of nitro groups is 1. The molecule has 2 aliphatic heterocycles. The third-order valence-corrected chi connectivity index (χ3v) is 4.58. The Morgan fingerprint density at radius 2 is 1.39 bits per heavy atom. The van der Waals surface area contributed by atoms with Crippen LogP contribution >= 0.6 is 0 Å². The van der Waals surface area contributed by atoms with Crippen LogP contribution in [0, 0.1) is 10.1 Å². The van der Waals surface area contributed by atoms with E-state index in [1.807, 2.05) is 0 Å². The van der Waals surface area contributed by atoms with Crippen LogP contribution in [0.5, 0.6) is 0 Å². The molecule has 2 atom stereocenters. The molecule has 2 bridgehead atoms. The second kappa shape index (κ2) is 18.0. The number of rotatable bonds is 9. The van der Waals surface area contributed by atoms with Crippen molar-refractivity contribution in [1.82, 2.24) is 0 Å². The molecular formula is C26H33NO14. The molecule has 3 rings (SSSR count). The summed E-state index contributed by atoms with van der Waals surface area (Å²) in [5.41, 5.74) is 0.529. The molecule has 2 heterocycles. The minimum Gasteiger partial charge on any atom is -0.456 e. The van der Waals surface area contributed by atoms with Gasteiger partial charge in [0, 0.05) is 17.2 Å². The first-order valence-corrected chi connectivity index (χ1v) is 12.2. The largest absolute Gasteiger partial charge is 0.513 e. The third-order valence-electron chi connectivity index (χ3n) is 4.58. The molecule has 0 saturated heterocycles. The van der Waals surface area contributed by atoms with Gasteiger partial charge in [-0.2, -0.15) is 0 Å². The third kappa shape index (κ3) is 13.4. The van der Waals surface area contributed by atoms with Crippen LogP contribution < -0.4 is 0 Å².